The third-order valence-electron chi connectivity index (χ3n) is 4.31. The second-order valence-electron chi connectivity index (χ2n) is 7.74. The van der Waals surface area contributed by atoms with Crippen molar-refractivity contribution in [2.24, 2.45) is 0 Å². The quantitative estimate of drug-likeness (QED) is 0.747. The molecule has 1 aliphatic heterocycles. The number of benzene rings is 1. The van der Waals surface area contributed by atoms with Gasteiger partial charge in [0.25, 0.3) is 0 Å². The van der Waals surface area contributed by atoms with Crippen molar-refractivity contribution in [3.8, 4) is 11.3 Å². The van der Waals surface area contributed by atoms with E-state index in [0.29, 0.717) is 17.8 Å². The molecule has 1 N–H and O–H groups in total. The molecule has 0 bridgehead atoms. The standard InChI is InChI=1S/C21H24N2O4/c1-6-11-21(5)15-13-14(9-10-16(15)22-18(24)26-21)17-8-7-12-23(17)19(25)27-20(2,3)4/h6-10,12-13H,1,11H2,2-5H3,(H,22,24). The summed E-state index contributed by atoms with van der Waals surface area (Å²) in [6.07, 6.45) is 2.93. The number of hydrogen-bond donors (Lipinski definition) is 1. The molecule has 2 aromatic rings. The Kier molecular flexibility index (Phi) is 4.59. The molecule has 142 valence electrons. The molecule has 1 atom stereocenters. The normalized spacial score (nSPS) is 18.9. The molecule has 0 radical (unpaired) electrons. The lowest BCUT2D eigenvalue weighted by Crippen LogP contribution is -2.36. The van der Waals surface area contributed by atoms with Gasteiger partial charge in [-0.25, -0.2) is 9.59 Å². The second-order valence-corrected chi connectivity index (χ2v) is 7.74. The summed E-state index contributed by atoms with van der Waals surface area (Å²) in [5, 5.41) is 2.72. The number of aromatic nitrogens is 1. The van der Waals surface area contributed by atoms with E-state index in [2.05, 4.69) is 11.9 Å². The first-order valence-electron chi connectivity index (χ1n) is 8.79. The van der Waals surface area contributed by atoms with Crippen LogP contribution in [0.15, 0.2) is 49.2 Å². The first-order valence-corrected chi connectivity index (χ1v) is 8.79. The molecule has 1 aromatic carbocycles. The number of nitrogens with zero attached hydrogens (tertiary/aromatic N) is 1. The zero-order chi connectivity index (χ0) is 19.8. The molecule has 27 heavy (non-hydrogen) atoms. The third-order valence-corrected chi connectivity index (χ3v) is 4.31. The van der Waals surface area contributed by atoms with Crippen LogP contribution in [-0.4, -0.2) is 22.4 Å². The van der Waals surface area contributed by atoms with Crippen LogP contribution in [0.1, 0.15) is 39.7 Å². The summed E-state index contributed by atoms with van der Waals surface area (Å²) >= 11 is 0. The average molecular weight is 368 g/mol. The SMILES string of the molecule is C=CCC1(C)OC(=O)Nc2ccc(-c3cccn3C(=O)OC(C)(C)C)cc21. The molecule has 1 unspecified atom stereocenters. The Hall–Kier alpha value is -3.02. The number of fused-ring (bicyclic) bond motifs is 1. The van der Waals surface area contributed by atoms with Gasteiger partial charge in [-0.1, -0.05) is 12.1 Å². The van der Waals surface area contributed by atoms with Gasteiger partial charge in [-0.3, -0.25) is 9.88 Å². The minimum atomic E-state index is -0.821. The van der Waals surface area contributed by atoms with E-state index in [1.165, 1.54) is 4.57 Å². The first kappa shape index (κ1) is 18.8. The Morgan fingerprint density at radius 3 is 2.78 bits per heavy atom. The fourth-order valence-electron chi connectivity index (χ4n) is 3.16. The molecule has 1 amide bonds. The van der Waals surface area contributed by atoms with Gasteiger partial charge >= 0.3 is 12.2 Å². The van der Waals surface area contributed by atoms with Crippen LogP contribution in [0.5, 0.6) is 0 Å². The highest BCUT2D eigenvalue weighted by molar-refractivity contribution is 5.90. The minimum Gasteiger partial charge on any atom is -0.443 e. The maximum absolute atomic E-state index is 12.5. The number of ether oxygens (including phenoxy) is 2. The number of anilines is 1. The number of carbonyl (C=O) groups is 2. The van der Waals surface area contributed by atoms with E-state index >= 15 is 0 Å². The smallest absolute Gasteiger partial charge is 0.418 e. The van der Waals surface area contributed by atoms with Gasteiger partial charge in [-0.05, 0) is 57.5 Å². The molecule has 0 saturated heterocycles. The van der Waals surface area contributed by atoms with Crippen molar-refractivity contribution >= 4 is 17.9 Å². The van der Waals surface area contributed by atoms with E-state index < -0.39 is 23.4 Å². The molecule has 6 heteroatoms. The van der Waals surface area contributed by atoms with Gasteiger partial charge in [0.15, 0.2) is 0 Å². The van der Waals surface area contributed by atoms with E-state index in [4.69, 9.17) is 9.47 Å². The lowest BCUT2D eigenvalue weighted by Gasteiger charge is -2.35. The van der Waals surface area contributed by atoms with Crippen molar-refractivity contribution in [2.45, 2.75) is 45.3 Å². The largest absolute Gasteiger partial charge is 0.443 e. The molecule has 1 aromatic heterocycles. The summed E-state index contributed by atoms with van der Waals surface area (Å²) in [6.45, 7) is 11.1. The molecule has 0 saturated carbocycles. The number of hydrogen-bond acceptors (Lipinski definition) is 4. The van der Waals surface area contributed by atoms with Crippen molar-refractivity contribution in [1.29, 1.82) is 0 Å². The van der Waals surface area contributed by atoms with Crippen molar-refractivity contribution in [3.05, 3.63) is 54.7 Å². The summed E-state index contributed by atoms with van der Waals surface area (Å²) in [6, 6.07) is 9.24. The number of rotatable bonds is 3. The van der Waals surface area contributed by atoms with Crippen LogP contribution >= 0.6 is 0 Å². The number of nitrogens with one attached hydrogen (secondary N) is 1. The van der Waals surface area contributed by atoms with Crippen molar-refractivity contribution in [1.82, 2.24) is 4.57 Å². The van der Waals surface area contributed by atoms with Crippen LogP contribution in [0.2, 0.25) is 0 Å². The first-order chi connectivity index (χ1) is 12.6. The van der Waals surface area contributed by atoms with E-state index in [-0.39, 0.29) is 0 Å². The lowest BCUT2D eigenvalue weighted by atomic mass is 9.88. The average Bonchev–Trinajstić information content (AvgIpc) is 3.02. The van der Waals surface area contributed by atoms with Crippen molar-refractivity contribution in [3.63, 3.8) is 0 Å². The van der Waals surface area contributed by atoms with Gasteiger partial charge < -0.3 is 9.47 Å². The molecule has 3 rings (SSSR count). The zero-order valence-electron chi connectivity index (χ0n) is 16.0. The molecule has 0 aliphatic carbocycles. The highest BCUT2D eigenvalue weighted by Crippen LogP contribution is 2.40. The third kappa shape index (κ3) is 3.74. The van der Waals surface area contributed by atoms with Crippen LogP contribution in [-0.2, 0) is 15.1 Å². The number of carbonyl (C=O) groups excluding carboxylic acids is 2. The Morgan fingerprint density at radius 2 is 2.11 bits per heavy atom. The van der Waals surface area contributed by atoms with Gasteiger partial charge in [0, 0.05) is 18.2 Å². The van der Waals surface area contributed by atoms with Crippen LogP contribution in [0, 0.1) is 0 Å². The van der Waals surface area contributed by atoms with Crippen LogP contribution < -0.4 is 5.32 Å². The molecule has 0 fully saturated rings. The minimum absolute atomic E-state index is 0.446. The topological polar surface area (TPSA) is 69.6 Å². The molecule has 6 nitrogen and oxygen atoms in total. The summed E-state index contributed by atoms with van der Waals surface area (Å²) in [5.74, 6) is 0. The molecular weight excluding hydrogens is 344 g/mol. The van der Waals surface area contributed by atoms with Gasteiger partial charge in [0.2, 0.25) is 0 Å². The van der Waals surface area contributed by atoms with E-state index in [9.17, 15) is 9.59 Å². The maximum atomic E-state index is 12.5. The predicted molar refractivity (Wildman–Crippen MR) is 104 cm³/mol. The fourth-order valence-corrected chi connectivity index (χ4v) is 3.16. The monoisotopic (exact) mass is 368 g/mol. The molecule has 1 aliphatic rings. The van der Waals surface area contributed by atoms with Crippen molar-refractivity contribution in [2.75, 3.05) is 5.32 Å². The summed E-state index contributed by atoms with van der Waals surface area (Å²) in [4.78, 5) is 24.4. The van der Waals surface area contributed by atoms with E-state index in [1.807, 2.05) is 52.0 Å². The van der Waals surface area contributed by atoms with Crippen molar-refractivity contribution < 1.29 is 19.1 Å². The Morgan fingerprint density at radius 1 is 1.37 bits per heavy atom. The number of amides is 1. The molecular formula is C21H24N2O4. The second kappa shape index (κ2) is 6.61. The molecule has 2 heterocycles. The number of cyclic esters (lactones) is 1. The van der Waals surface area contributed by atoms with Gasteiger partial charge in [0.1, 0.15) is 11.2 Å². The van der Waals surface area contributed by atoms with Crippen LogP contribution in [0.3, 0.4) is 0 Å². The molecule has 0 spiro atoms. The Balaban J connectivity index is 2.04. The predicted octanol–water partition coefficient (Wildman–Crippen LogP) is 5.29. The Labute approximate surface area is 158 Å². The Bertz CT molecular complexity index is 907. The van der Waals surface area contributed by atoms with Gasteiger partial charge in [-0.15, -0.1) is 6.58 Å². The summed E-state index contributed by atoms with van der Waals surface area (Å²) in [7, 11) is 0. The maximum Gasteiger partial charge on any atom is 0.418 e. The van der Waals surface area contributed by atoms with Gasteiger partial charge in [0.05, 0.1) is 11.4 Å². The lowest BCUT2D eigenvalue weighted by molar-refractivity contribution is 0.0291. The fraction of sp³-hybridized carbons (Fsp3) is 0.333. The van der Waals surface area contributed by atoms with E-state index in [1.54, 1.807) is 18.3 Å². The van der Waals surface area contributed by atoms with E-state index in [0.717, 1.165) is 11.1 Å². The zero-order valence-corrected chi connectivity index (χ0v) is 16.0. The highest BCUT2D eigenvalue weighted by atomic mass is 16.6. The van der Waals surface area contributed by atoms with Gasteiger partial charge in [-0.2, -0.15) is 0 Å². The summed E-state index contributed by atoms with van der Waals surface area (Å²) in [5.41, 5.74) is 1.63. The highest BCUT2D eigenvalue weighted by Gasteiger charge is 2.37. The van der Waals surface area contributed by atoms with Crippen LogP contribution in [0.25, 0.3) is 11.3 Å². The summed E-state index contributed by atoms with van der Waals surface area (Å²) < 4.78 is 12.5. The van der Waals surface area contributed by atoms with Crippen LogP contribution in [0.4, 0.5) is 15.3 Å².